The number of aromatic nitrogens is 1. The molecule has 0 spiro atoms. The maximum absolute atomic E-state index is 6.03. The Kier molecular flexibility index (Phi) is 3.77. The van der Waals surface area contributed by atoms with E-state index in [4.69, 9.17) is 5.73 Å². The van der Waals surface area contributed by atoms with Crippen LogP contribution in [0.1, 0.15) is 32.1 Å². The summed E-state index contributed by atoms with van der Waals surface area (Å²) in [4.78, 5) is 6.79. The molecule has 1 aromatic carbocycles. The molecule has 3 rings (SSSR count). The normalized spacial score (nSPS) is 16.4. The number of benzene rings is 1. The van der Waals surface area contributed by atoms with E-state index >= 15 is 0 Å². The zero-order valence-corrected chi connectivity index (χ0v) is 12.2. The second-order valence-corrected chi connectivity index (χ2v) is 5.96. The Labute approximate surface area is 120 Å². The Balaban J connectivity index is 1.87. The van der Waals surface area contributed by atoms with Gasteiger partial charge in [0.2, 0.25) is 0 Å². The van der Waals surface area contributed by atoms with Crippen molar-refractivity contribution in [1.82, 2.24) is 4.98 Å². The average molecular weight is 269 g/mol. The lowest BCUT2D eigenvalue weighted by Gasteiger charge is -2.29. The van der Waals surface area contributed by atoms with Crippen molar-refractivity contribution in [1.29, 1.82) is 0 Å². The van der Waals surface area contributed by atoms with Gasteiger partial charge in [0.1, 0.15) is 0 Å². The number of para-hydroxylation sites is 1. The van der Waals surface area contributed by atoms with Crippen molar-refractivity contribution >= 4 is 22.3 Å². The first kappa shape index (κ1) is 13.2. The van der Waals surface area contributed by atoms with Crippen molar-refractivity contribution < 1.29 is 0 Å². The number of pyridine rings is 1. The minimum Gasteiger partial charge on any atom is -0.397 e. The highest BCUT2D eigenvalue weighted by Crippen LogP contribution is 2.30. The van der Waals surface area contributed by atoms with Gasteiger partial charge < -0.3 is 10.6 Å². The summed E-state index contributed by atoms with van der Waals surface area (Å²) in [6, 6.07) is 8.15. The number of rotatable bonds is 3. The lowest BCUT2D eigenvalue weighted by Crippen LogP contribution is -2.27. The molecule has 0 radical (unpaired) electrons. The Morgan fingerprint density at radius 3 is 2.80 bits per heavy atom. The monoisotopic (exact) mass is 269 g/mol. The van der Waals surface area contributed by atoms with Gasteiger partial charge in [-0.1, -0.05) is 31.4 Å². The Morgan fingerprint density at radius 1 is 1.20 bits per heavy atom. The second kappa shape index (κ2) is 5.70. The number of nitrogens with two attached hydrogens (primary N) is 1. The topological polar surface area (TPSA) is 42.2 Å². The molecular formula is C17H23N3. The fourth-order valence-electron chi connectivity index (χ4n) is 3.37. The number of hydrogen-bond donors (Lipinski definition) is 1. The van der Waals surface area contributed by atoms with Crippen LogP contribution in [0.25, 0.3) is 10.9 Å². The van der Waals surface area contributed by atoms with Crippen molar-refractivity contribution in [2.75, 3.05) is 24.2 Å². The molecule has 0 atom stereocenters. The van der Waals surface area contributed by atoms with Crippen molar-refractivity contribution in [3.8, 4) is 0 Å². The van der Waals surface area contributed by atoms with Crippen LogP contribution in [0.2, 0.25) is 0 Å². The predicted octanol–water partition coefficient (Wildman–Crippen LogP) is 3.83. The molecule has 3 heteroatoms. The smallest absolute Gasteiger partial charge is 0.0951 e. The summed E-state index contributed by atoms with van der Waals surface area (Å²) in [5.74, 6) is 0.832. The van der Waals surface area contributed by atoms with Crippen molar-refractivity contribution in [2.45, 2.75) is 32.1 Å². The molecule has 20 heavy (non-hydrogen) atoms. The van der Waals surface area contributed by atoms with E-state index < -0.39 is 0 Å². The fraction of sp³-hybridized carbons (Fsp3) is 0.471. The molecule has 1 heterocycles. The van der Waals surface area contributed by atoms with E-state index in [2.05, 4.69) is 29.1 Å². The van der Waals surface area contributed by atoms with Crippen LogP contribution >= 0.6 is 0 Å². The first-order valence-corrected chi connectivity index (χ1v) is 7.60. The van der Waals surface area contributed by atoms with Crippen LogP contribution in [0.5, 0.6) is 0 Å². The molecule has 1 saturated carbocycles. The molecule has 0 unspecified atom stereocenters. The zero-order valence-electron chi connectivity index (χ0n) is 12.2. The van der Waals surface area contributed by atoms with E-state index in [0.717, 1.165) is 29.1 Å². The maximum Gasteiger partial charge on any atom is 0.0951 e. The third-order valence-electron chi connectivity index (χ3n) is 4.45. The van der Waals surface area contributed by atoms with Crippen LogP contribution in [-0.4, -0.2) is 18.6 Å². The van der Waals surface area contributed by atoms with Crippen LogP contribution < -0.4 is 10.6 Å². The van der Waals surface area contributed by atoms with Crippen LogP contribution in [0.3, 0.4) is 0 Å². The molecule has 3 nitrogen and oxygen atoms in total. The first-order chi connectivity index (χ1) is 9.75. The summed E-state index contributed by atoms with van der Waals surface area (Å²) in [6.07, 6.45) is 8.80. The molecule has 106 valence electrons. The molecule has 0 saturated heterocycles. The highest BCUT2D eigenvalue weighted by atomic mass is 15.1. The number of hydrogen-bond acceptors (Lipinski definition) is 3. The summed E-state index contributed by atoms with van der Waals surface area (Å²) in [5, 5.41) is 1.16. The molecule has 1 aliphatic carbocycles. The lowest BCUT2D eigenvalue weighted by atomic mass is 9.89. The second-order valence-electron chi connectivity index (χ2n) is 5.96. The highest BCUT2D eigenvalue weighted by Gasteiger charge is 2.17. The SMILES string of the molecule is CN(CC1CCCCC1)c1ccnc2c(N)cccc12. The van der Waals surface area contributed by atoms with Gasteiger partial charge in [-0.2, -0.15) is 0 Å². The molecule has 1 aromatic heterocycles. The van der Waals surface area contributed by atoms with Crippen LogP contribution in [0.15, 0.2) is 30.5 Å². The van der Waals surface area contributed by atoms with Gasteiger partial charge in [-0.25, -0.2) is 0 Å². The van der Waals surface area contributed by atoms with Gasteiger partial charge in [-0.3, -0.25) is 4.98 Å². The average Bonchev–Trinajstić information content (AvgIpc) is 2.48. The first-order valence-electron chi connectivity index (χ1n) is 7.60. The Hall–Kier alpha value is -1.77. The van der Waals surface area contributed by atoms with Gasteiger partial charge in [0, 0.05) is 30.9 Å². The van der Waals surface area contributed by atoms with E-state index in [0.29, 0.717) is 0 Å². The van der Waals surface area contributed by atoms with Gasteiger partial charge in [0.05, 0.1) is 11.2 Å². The summed E-state index contributed by atoms with van der Waals surface area (Å²) in [5.41, 5.74) is 8.95. The molecule has 2 aromatic rings. The number of nitrogens with zero attached hydrogens (tertiary/aromatic N) is 2. The predicted molar refractivity (Wildman–Crippen MR) is 86.0 cm³/mol. The molecular weight excluding hydrogens is 246 g/mol. The summed E-state index contributed by atoms with van der Waals surface area (Å²) in [7, 11) is 2.19. The minimum atomic E-state index is 0.760. The molecule has 1 aliphatic rings. The molecule has 0 amide bonds. The maximum atomic E-state index is 6.03. The van der Waals surface area contributed by atoms with Crippen molar-refractivity contribution in [3.05, 3.63) is 30.5 Å². The molecule has 0 bridgehead atoms. The summed E-state index contributed by atoms with van der Waals surface area (Å²) >= 11 is 0. The highest BCUT2D eigenvalue weighted by molar-refractivity contribution is 5.97. The third kappa shape index (κ3) is 2.58. The van der Waals surface area contributed by atoms with Crippen molar-refractivity contribution in [2.24, 2.45) is 5.92 Å². The van der Waals surface area contributed by atoms with E-state index in [1.165, 1.54) is 37.8 Å². The molecule has 0 aliphatic heterocycles. The summed E-state index contributed by atoms with van der Waals surface area (Å²) in [6.45, 7) is 1.13. The van der Waals surface area contributed by atoms with Gasteiger partial charge >= 0.3 is 0 Å². The number of fused-ring (bicyclic) bond motifs is 1. The van der Waals surface area contributed by atoms with Crippen LogP contribution in [-0.2, 0) is 0 Å². The van der Waals surface area contributed by atoms with Gasteiger partial charge in [-0.15, -0.1) is 0 Å². The van der Waals surface area contributed by atoms with Gasteiger partial charge in [-0.05, 0) is 30.9 Å². The third-order valence-corrected chi connectivity index (χ3v) is 4.45. The van der Waals surface area contributed by atoms with E-state index in [1.807, 2.05) is 18.3 Å². The van der Waals surface area contributed by atoms with Crippen LogP contribution in [0.4, 0.5) is 11.4 Å². The Morgan fingerprint density at radius 2 is 2.00 bits per heavy atom. The quantitative estimate of drug-likeness (QED) is 0.861. The Bertz CT molecular complexity index is 588. The summed E-state index contributed by atoms with van der Waals surface area (Å²) < 4.78 is 0. The van der Waals surface area contributed by atoms with Gasteiger partial charge in [0.15, 0.2) is 0 Å². The van der Waals surface area contributed by atoms with E-state index in [9.17, 15) is 0 Å². The molecule has 2 N–H and O–H groups in total. The van der Waals surface area contributed by atoms with Crippen LogP contribution in [0, 0.1) is 5.92 Å². The van der Waals surface area contributed by atoms with Gasteiger partial charge in [0.25, 0.3) is 0 Å². The standard InChI is InChI=1S/C17H23N3/c1-20(12-13-6-3-2-4-7-13)16-10-11-19-17-14(16)8-5-9-15(17)18/h5,8-11,13H,2-4,6-7,12,18H2,1H3. The number of nitrogen functional groups attached to an aromatic ring is 1. The fourth-order valence-corrected chi connectivity index (χ4v) is 3.37. The number of anilines is 2. The van der Waals surface area contributed by atoms with E-state index in [1.54, 1.807) is 0 Å². The minimum absolute atomic E-state index is 0.760. The van der Waals surface area contributed by atoms with Crippen molar-refractivity contribution in [3.63, 3.8) is 0 Å². The molecule has 1 fully saturated rings. The zero-order chi connectivity index (χ0) is 13.9. The van der Waals surface area contributed by atoms with E-state index in [-0.39, 0.29) is 0 Å². The lowest BCUT2D eigenvalue weighted by molar-refractivity contribution is 0.362. The largest absolute Gasteiger partial charge is 0.397 e.